The number of hydrogen-bond donors (Lipinski definition) is 0. The van der Waals surface area contributed by atoms with Crippen LogP contribution in [0, 0.1) is 6.92 Å². The molecule has 0 N–H and O–H groups in total. The van der Waals surface area contributed by atoms with Gasteiger partial charge in [-0.2, -0.15) is 4.57 Å². The van der Waals surface area contributed by atoms with E-state index in [4.69, 9.17) is 4.74 Å². The fraction of sp³-hybridized carbons (Fsp3) is 0.214. The highest BCUT2D eigenvalue weighted by atomic mass is 35.5. The van der Waals surface area contributed by atoms with Crippen molar-refractivity contribution >= 4 is 0 Å². The Labute approximate surface area is 108 Å². The number of aryl methyl sites for hydroxylation is 1. The summed E-state index contributed by atoms with van der Waals surface area (Å²) in [5, 5.41) is 0. The van der Waals surface area contributed by atoms with Gasteiger partial charge in [-0.1, -0.05) is 18.2 Å². The first-order chi connectivity index (χ1) is 7.79. The minimum absolute atomic E-state index is 0. The summed E-state index contributed by atoms with van der Waals surface area (Å²) < 4.78 is 7.43. The first-order valence-corrected chi connectivity index (χ1v) is 5.37. The van der Waals surface area contributed by atoms with Gasteiger partial charge in [-0.3, -0.25) is 0 Å². The third kappa shape index (κ3) is 3.46. The third-order valence-electron chi connectivity index (χ3n) is 2.65. The van der Waals surface area contributed by atoms with E-state index in [0.717, 1.165) is 12.3 Å². The molecule has 0 unspecified atom stereocenters. The van der Waals surface area contributed by atoms with Crippen molar-refractivity contribution in [2.75, 3.05) is 7.11 Å². The van der Waals surface area contributed by atoms with Gasteiger partial charge in [0, 0.05) is 24.6 Å². The quantitative estimate of drug-likeness (QED) is 0.659. The van der Waals surface area contributed by atoms with E-state index in [-0.39, 0.29) is 12.4 Å². The van der Waals surface area contributed by atoms with Crippen LogP contribution in [0.3, 0.4) is 0 Å². The summed E-state index contributed by atoms with van der Waals surface area (Å²) in [5.74, 6) is 0.909. The molecule has 0 saturated heterocycles. The zero-order valence-corrected chi connectivity index (χ0v) is 10.8. The van der Waals surface area contributed by atoms with Crippen LogP contribution in [0.15, 0.2) is 48.7 Å². The van der Waals surface area contributed by atoms with E-state index in [1.54, 1.807) is 7.11 Å². The average molecular weight is 250 g/mol. The number of ether oxygens (including phenoxy) is 1. The highest BCUT2D eigenvalue weighted by Crippen LogP contribution is 2.12. The molecule has 0 spiro atoms. The van der Waals surface area contributed by atoms with Crippen LogP contribution in [0.5, 0.6) is 5.75 Å². The Morgan fingerprint density at radius 1 is 1.12 bits per heavy atom. The van der Waals surface area contributed by atoms with E-state index < -0.39 is 0 Å². The van der Waals surface area contributed by atoms with Crippen LogP contribution in [-0.2, 0) is 6.54 Å². The Balaban J connectivity index is 0.00000144. The van der Waals surface area contributed by atoms with Crippen molar-refractivity contribution in [2.45, 2.75) is 13.5 Å². The van der Waals surface area contributed by atoms with Crippen LogP contribution in [0.25, 0.3) is 0 Å². The molecule has 0 aliphatic carbocycles. The molecular weight excluding hydrogens is 234 g/mol. The van der Waals surface area contributed by atoms with Crippen molar-refractivity contribution in [2.24, 2.45) is 0 Å². The molecule has 90 valence electrons. The van der Waals surface area contributed by atoms with E-state index in [2.05, 4.69) is 42.0 Å². The molecule has 0 aliphatic heterocycles. The third-order valence-corrected chi connectivity index (χ3v) is 2.65. The smallest absolute Gasteiger partial charge is 0.178 e. The second-order valence-electron chi connectivity index (χ2n) is 3.82. The molecule has 2 aromatic rings. The molecule has 1 aromatic heterocycles. The van der Waals surface area contributed by atoms with Gasteiger partial charge in [-0.15, -0.1) is 0 Å². The largest absolute Gasteiger partial charge is 1.00 e. The second kappa shape index (κ2) is 6.26. The standard InChI is InChI=1S/C14H16NO.ClH/c1-12-6-3-4-9-15(12)11-13-7-5-8-14(10-13)16-2;/h3-10H,11H2,1-2H3;1H/q+1;/p-1. The zero-order chi connectivity index (χ0) is 11.4. The van der Waals surface area contributed by atoms with Crippen molar-refractivity contribution < 1.29 is 21.7 Å². The van der Waals surface area contributed by atoms with Crippen molar-refractivity contribution in [3.05, 3.63) is 59.9 Å². The SMILES string of the molecule is COc1cccc(C[n+]2ccccc2C)c1.[Cl-]. The lowest BCUT2D eigenvalue weighted by atomic mass is 10.2. The molecule has 0 radical (unpaired) electrons. The van der Waals surface area contributed by atoms with E-state index in [0.29, 0.717) is 0 Å². The minimum Gasteiger partial charge on any atom is -1.00 e. The molecule has 0 amide bonds. The maximum atomic E-state index is 5.21. The van der Waals surface area contributed by atoms with Gasteiger partial charge < -0.3 is 17.1 Å². The number of pyridine rings is 1. The first-order valence-electron chi connectivity index (χ1n) is 5.37. The molecular formula is C14H16ClNO. The van der Waals surface area contributed by atoms with Crippen LogP contribution in [0.4, 0.5) is 0 Å². The van der Waals surface area contributed by atoms with Crippen molar-refractivity contribution in [1.82, 2.24) is 0 Å². The summed E-state index contributed by atoms with van der Waals surface area (Å²) in [6.07, 6.45) is 2.09. The van der Waals surface area contributed by atoms with Crippen LogP contribution < -0.4 is 21.7 Å². The number of halogens is 1. The molecule has 2 nitrogen and oxygen atoms in total. The molecule has 0 aliphatic rings. The van der Waals surface area contributed by atoms with E-state index in [1.165, 1.54) is 11.3 Å². The van der Waals surface area contributed by atoms with Crippen molar-refractivity contribution in [3.8, 4) is 5.75 Å². The summed E-state index contributed by atoms with van der Waals surface area (Å²) in [4.78, 5) is 0. The maximum Gasteiger partial charge on any atom is 0.178 e. The number of rotatable bonds is 3. The number of aromatic nitrogens is 1. The molecule has 1 aromatic carbocycles. The summed E-state index contributed by atoms with van der Waals surface area (Å²) in [7, 11) is 1.69. The highest BCUT2D eigenvalue weighted by Gasteiger charge is 2.06. The van der Waals surface area contributed by atoms with Gasteiger partial charge >= 0.3 is 0 Å². The summed E-state index contributed by atoms with van der Waals surface area (Å²) >= 11 is 0. The summed E-state index contributed by atoms with van der Waals surface area (Å²) in [5.41, 5.74) is 2.50. The molecule has 1 heterocycles. The van der Waals surface area contributed by atoms with Crippen molar-refractivity contribution in [3.63, 3.8) is 0 Å². The van der Waals surface area contributed by atoms with Crippen LogP contribution >= 0.6 is 0 Å². The van der Waals surface area contributed by atoms with Gasteiger partial charge in [-0.05, 0) is 12.1 Å². The summed E-state index contributed by atoms with van der Waals surface area (Å²) in [6.45, 7) is 2.99. The van der Waals surface area contributed by atoms with E-state index in [1.807, 2.05) is 18.2 Å². The minimum atomic E-state index is 0. The highest BCUT2D eigenvalue weighted by molar-refractivity contribution is 5.27. The Morgan fingerprint density at radius 3 is 2.65 bits per heavy atom. The fourth-order valence-electron chi connectivity index (χ4n) is 1.71. The van der Waals surface area contributed by atoms with Crippen LogP contribution in [0.1, 0.15) is 11.3 Å². The zero-order valence-electron chi connectivity index (χ0n) is 10.1. The number of benzene rings is 1. The lowest BCUT2D eigenvalue weighted by molar-refractivity contribution is -0.694. The maximum absolute atomic E-state index is 5.21. The Kier molecular flexibility index (Phi) is 4.98. The van der Waals surface area contributed by atoms with Crippen LogP contribution in [-0.4, -0.2) is 7.11 Å². The first kappa shape index (κ1) is 13.5. The Hall–Kier alpha value is -1.54. The van der Waals surface area contributed by atoms with E-state index >= 15 is 0 Å². The number of hydrogen-bond acceptors (Lipinski definition) is 1. The van der Waals surface area contributed by atoms with E-state index in [9.17, 15) is 0 Å². The Morgan fingerprint density at radius 2 is 1.94 bits per heavy atom. The number of nitrogens with zero attached hydrogens (tertiary/aromatic N) is 1. The lowest BCUT2D eigenvalue weighted by Crippen LogP contribution is -3.00. The molecule has 0 bridgehead atoms. The van der Waals surface area contributed by atoms with Gasteiger partial charge in [0.2, 0.25) is 0 Å². The van der Waals surface area contributed by atoms with Gasteiger partial charge in [0.15, 0.2) is 18.4 Å². The van der Waals surface area contributed by atoms with Gasteiger partial charge in [0.05, 0.1) is 7.11 Å². The second-order valence-corrected chi connectivity index (χ2v) is 3.82. The molecule has 2 rings (SSSR count). The molecule has 0 fully saturated rings. The Bertz CT molecular complexity index is 485. The summed E-state index contributed by atoms with van der Waals surface area (Å²) in [6, 6.07) is 14.4. The lowest BCUT2D eigenvalue weighted by Gasteiger charge is -2.03. The average Bonchev–Trinajstić information content (AvgIpc) is 2.32. The van der Waals surface area contributed by atoms with Crippen molar-refractivity contribution in [1.29, 1.82) is 0 Å². The molecule has 0 saturated carbocycles. The van der Waals surface area contributed by atoms with Crippen LogP contribution in [0.2, 0.25) is 0 Å². The molecule has 17 heavy (non-hydrogen) atoms. The number of methoxy groups -OCH3 is 1. The molecule has 3 heteroatoms. The normalized spacial score (nSPS) is 9.53. The molecule has 0 atom stereocenters. The topological polar surface area (TPSA) is 13.1 Å². The predicted octanol–water partition coefficient (Wildman–Crippen LogP) is -0.657. The fourth-order valence-corrected chi connectivity index (χ4v) is 1.71. The van der Waals surface area contributed by atoms with Gasteiger partial charge in [-0.25, -0.2) is 0 Å². The monoisotopic (exact) mass is 249 g/mol. The van der Waals surface area contributed by atoms with Gasteiger partial charge in [0.1, 0.15) is 5.75 Å². The predicted molar refractivity (Wildman–Crippen MR) is 63.5 cm³/mol. The van der Waals surface area contributed by atoms with Gasteiger partial charge in [0.25, 0.3) is 0 Å².